The van der Waals surface area contributed by atoms with Crippen molar-refractivity contribution in [2.45, 2.75) is 6.61 Å². The first-order valence-corrected chi connectivity index (χ1v) is 6.50. The standard InChI is InChI=1S/C15H13F2N3O3/c1-20-9-11(4-7-13(20)21)14(22)19-18-8-10-2-5-12(6-3-10)23-15(16)17/h2-9,15H,1H3,(H,19,22). The van der Waals surface area contributed by atoms with Crippen molar-refractivity contribution in [3.05, 3.63) is 64.1 Å². The van der Waals surface area contributed by atoms with E-state index in [0.29, 0.717) is 5.56 Å². The minimum absolute atomic E-state index is 0.0337. The lowest BCUT2D eigenvalue weighted by Crippen LogP contribution is -2.22. The van der Waals surface area contributed by atoms with Crippen LogP contribution in [0.2, 0.25) is 0 Å². The van der Waals surface area contributed by atoms with Crippen molar-refractivity contribution in [3.8, 4) is 5.75 Å². The van der Waals surface area contributed by atoms with Crippen LogP contribution < -0.4 is 15.7 Å². The van der Waals surface area contributed by atoms with Crippen molar-refractivity contribution in [2.24, 2.45) is 12.1 Å². The molecule has 120 valence electrons. The van der Waals surface area contributed by atoms with Gasteiger partial charge in [-0.1, -0.05) is 0 Å². The molecule has 1 aromatic heterocycles. The molecule has 0 radical (unpaired) electrons. The highest BCUT2D eigenvalue weighted by atomic mass is 19.3. The summed E-state index contributed by atoms with van der Waals surface area (Å²) in [6, 6.07) is 8.42. The normalized spacial score (nSPS) is 11.0. The molecule has 2 aromatic rings. The lowest BCUT2D eigenvalue weighted by Gasteiger charge is -2.04. The van der Waals surface area contributed by atoms with E-state index < -0.39 is 12.5 Å². The molecular formula is C15H13F2N3O3. The molecule has 0 aliphatic carbocycles. The first-order chi connectivity index (χ1) is 11.0. The van der Waals surface area contributed by atoms with E-state index in [4.69, 9.17) is 0 Å². The van der Waals surface area contributed by atoms with Crippen molar-refractivity contribution in [1.82, 2.24) is 9.99 Å². The highest BCUT2D eigenvalue weighted by Gasteiger charge is 2.05. The number of alkyl halides is 2. The van der Waals surface area contributed by atoms with Gasteiger partial charge in [0.05, 0.1) is 11.8 Å². The van der Waals surface area contributed by atoms with E-state index in [1.807, 2.05) is 0 Å². The maximum absolute atomic E-state index is 12.0. The van der Waals surface area contributed by atoms with E-state index in [0.717, 1.165) is 0 Å². The monoisotopic (exact) mass is 321 g/mol. The SMILES string of the molecule is Cn1cc(C(=O)NN=Cc2ccc(OC(F)F)cc2)ccc1=O. The lowest BCUT2D eigenvalue weighted by atomic mass is 10.2. The molecule has 0 spiro atoms. The Morgan fingerprint density at radius 3 is 2.57 bits per heavy atom. The van der Waals surface area contributed by atoms with Crippen molar-refractivity contribution >= 4 is 12.1 Å². The Kier molecular flexibility index (Phi) is 5.19. The third kappa shape index (κ3) is 4.73. The molecule has 0 fully saturated rings. The fourth-order valence-corrected chi connectivity index (χ4v) is 1.69. The predicted octanol–water partition coefficient (Wildman–Crippen LogP) is 1.75. The van der Waals surface area contributed by atoms with Crippen LogP contribution in [-0.4, -0.2) is 23.3 Å². The summed E-state index contributed by atoms with van der Waals surface area (Å²) in [5, 5.41) is 3.76. The van der Waals surface area contributed by atoms with Gasteiger partial charge in [-0.05, 0) is 35.9 Å². The van der Waals surface area contributed by atoms with Gasteiger partial charge in [0, 0.05) is 19.3 Å². The molecular weight excluding hydrogens is 308 g/mol. The molecule has 6 nitrogen and oxygen atoms in total. The van der Waals surface area contributed by atoms with Crippen LogP contribution in [0.15, 0.2) is 52.5 Å². The van der Waals surface area contributed by atoms with Crippen molar-refractivity contribution < 1.29 is 18.3 Å². The number of ether oxygens (including phenoxy) is 1. The first kappa shape index (κ1) is 16.3. The predicted molar refractivity (Wildman–Crippen MR) is 79.8 cm³/mol. The number of carbonyl (C=O) groups is 1. The molecule has 0 saturated carbocycles. The quantitative estimate of drug-likeness (QED) is 0.673. The van der Waals surface area contributed by atoms with Gasteiger partial charge in [0.2, 0.25) is 5.56 Å². The number of hydrogen-bond acceptors (Lipinski definition) is 4. The number of aromatic nitrogens is 1. The van der Waals surface area contributed by atoms with Gasteiger partial charge < -0.3 is 9.30 Å². The van der Waals surface area contributed by atoms with Crippen LogP contribution in [0, 0.1) is 0 Å². The summed E-state index contributed by atoms with van der Waals surface area (Å²) in [6.45, 7) is -2.88. The Morgan fingerprint density at radius 2 is 1.96 bits per heavy atom. The van der Waals surface area contributed by atoms with Crippen LogP contribution in [0.25, 0.3) is 0 Å². The Morgan fingerprint density at radius 1 is 1.26 bits per heavy atom. The zero-order valence-corrected chi connectivity index (χ0v) is 12.1. The van der Waals surface area contributed by atoms with Crippen LogP contribution in [-0.2, 0) is 7.05 Å². The maximum atomic E-state index is 12.0. The highest BCUT2D eigenvalue weighted by Crippen LogP contribution is 2.13. The fraction of sp³-hybridized carbons (Fsp3) is 0.133. The molecule has 0 atom stereocenters. The Bertz CT molecular complexity index is 770. The van der Waals surface area contributed by atoms with E-state index in [-0.39, 0.29) is 16.9 Å². The Balaban J connectivity index is 1.96. The number of hydrazone groups is 1. The number of halogens is 2. The molecule has 0 aliphatic rings. The number of carbonyl (C=O) groups excluding carboxylic acids is 1. The molecule has 0 aliphatic heterocycles. The molecule has 8 heteroatoms. The summed E-state index contributed by atoms with van der Waals surface area (Å²) >= 11 is 0. The summed E-state index contributed by atoms with van der Waals surface area (Å²) in [7, 11) is 1.53. The topological polar surface area (TPSA) is 72.7 Å². The average molecular weight is 321 g/mol. The van der Waals surface area contributed by atoms with Crippen molar-refractivity contribution in [3.63, 3.8) is 0 Å². The van der Waals surface area contributed by atoms with Crippen LogP contribution in [0.5, 0.6) is 5.75 Å². The number of nitrogens with one attached hydrogen (secondary N) is 1. The second-order valence-electron chi connectivity index (χ2n) is 4.51. The molecule has 0 saturated heterocycles. The molecule has 1 heterocycles. The third-order valence-corrected chi connectivity index (χ3v) is 2.83. The molecule has 0 unspecified atom stereocenters. The number of nitrogens with zero attached hydrogens (tertiary/aromatic N) is 2. The van der Waals surface area contributed by atoms with E-state index >= 15 is 0 Å². The molecule has 1 N–H and O–H groups in total. The summed E-state index contributed by atoms with van der Waals surface area (Å²) in [4.78, 5) is 23.1. The van der Waals surface area contributed by atoms with Gasteiger partial charge in [-0.2, -0.15) is 13.9 Å². The number of hydrogen-bond donors (Lipinski definition) is 1. The minimum atomic E-state index is -2.88. The minimum Gasteiger partial charge on any atom is -0.435 e. The molecule has 1 amide bonds. The second kappa shape index (κ2) is 7.30. The van der Waals surface area contributed by atoms with Gasteiger partial charge in [-0.3, -0.25) is 9.59 Å². The van der Waals surface area contributed by atoms with E-state index in [2.05, 4.69) is 15.3 Å². The fourth-order valence-electron chi connectivity index (χ4n) is 1.69. The van der Waals surface area contributed by atoms with Gasteiger partial charge >= 0.3 is 6.61 Å². The largest absolute Gasteiger partial charge is 0.435 e. The van der Waals surface area contributed by atoms with E-state index in [1.54, 1.807) is 0 Å². The summed E-state index contributed by atoms with van der Waals surface area (Å²) in [5.41, 5.74) is 2.95. The van der Waals surface area contributed by atoms with Gasteiger partial charge in [-0.25, -0.2) is 5.43 Å². The van der Waals surface area contributed by atoms with Gasteiger partial charge in [-0.15, -0.1) is 0 Å². The van der Waals surface area contributed by atoms with Crippen molar-refractivity contribution in [2.75, 3.05) is 0 Å². The summed E-state index contributed by atoms with van der Waals surface area (Å²) < 4.78 is 29.5. The molecule has 1 aromatic carbocycles. The molecule has 2 rings (SSSR count). The first-order valence-electron chi connectivity index (χ1n) is 6.50. The smallest absolute Gasteiger partial charge is 0.387 e. The maximum Gasteiger partial charge on any atom is 0.387 e. The van der Waals surface area contributed by atoms with Crippen LogP contribution >= 0.6 is 0 Å². The number of pyridine rings is 1. The van der Waals surface area contributed by atoms with Gasteiger partial charge in [0.1, 0.15) is 5.75 Å². The molecule has 23 heavy (non-hydrogen) atoms. The number of rotatable bonds is 5. The summed E-state index contributed by atoms with van der Waals surface area (Å²) in [6.07, 6.45) is 2.75. The number of amides is 1. The summed E-state index contributed by atoms with van der Waals surface area (Å²) in [5.74, 6) is -0.444. The van der Waals surface area contributed by atoms with Crippen LogP contribution in [0.1, 0.15) is 15.9 Å². The zero-order valence-electron chi connectivity index (χ0n) is 12.1. The zero-order chi connectivity index (χ0) is 16.8. The third-order valence-electron chi connectivity index (χ3n) is 2.83. The van der Waals surface area contributed by atoms with Crippen molar-refractivity contribution in [1.29, 1.82) is 0 Å². The highest BCUT2D eigenvalue weighted by molar-refractivity contribution is 5.94. The van der Waals surface area contributed by atoms with Gasteiger partial charge in [0.25, 0.3) is 5.91 Å². The van der Waals surface area contributed by atoms with Crippen LogP contribution in [0.4, 0.5) is 8.78 Å². The molecule has 0 bridgehead atoms. The van der Waals surface area contributed by atoms with E-state index in [1.165, 1.54) is 60.4 Å². The number of benzene rings is 1. The van der Waals surface area contributed by atoms with Gasteiger partial charge in [0.15, 0.2) is 0 Å². The van der Waals surface area contributed by atoms with E-state index in [9.17, 15) is 18.4 Å². The Hall–Kier alpha value is -3.03. The number of aryl methyl sites for hydroxylation is 1. The Labute approximate surface area is 130 Å². The van der Waals surface area contributed by atoms with Crippen LogP contribution in [0.3, 0.4) is 0 Å². The lowest BCUT2D eigenvalue weighted by molar-refractivity contribution is -0.0498. The second-order valence-corrected chi connectivity index (χ2v) is 4.51. The average Bonchev–Trinajstić information content (AvgIpc) is 2.51.